The van der Waals surface area contributed by atoms with E-state index in [9.17, 15) is 18.4 Å². The number of carbonyl (C=O) groups excluding carboxylic acids is 2. The van der Waals surface area contributed by atoms with Crippen molar-refractivity contribution in [3.8, 4) is 10.6 Å². The lowest BCUT2D eigenvalue weighted by molar-refractivity contribution is -0.132. The number of benzene rings is 1. The Labute approximate surface area is 146 Å². The average molecular weight is 367 g/mol. The summed E-state index contributed by atoms with van der Waals surface area (Å²) in [6.45, 7) is 2.17. The molecule has 2 amide bonds. The van der Waals surface area contributed by atoms with E-state index in [0.29, 0.717) is 10.6 Å². The summed E-state index contributed by atoms with van der Waals surface area (Å²) in [5, 5.41) is 1.89. The first-order valence-electron chi connectivity index (χ1n) is 7.51. The van der Waals surface area contributed by atoms with Gasteiger partial charge in [0.15, 0.2) is 11.6 Å². The summed E-state index contributed by atoms with van der Waals surface area (Å²) in [7, 11) is 0. The molecule has 1 aromatic heterocycles. The molecule has 1 aliphatic rings. The van der Waals surface area contributed by atoms with E-state index in [1.165, 1.54) is 16.3 Å². The summed E-state index contributed by atoms with van der Waals surface area (Å²) in [6.07, 6.45) is -0.514. The molecule has 25 heavy (non-hydrogen) atoms. The van der Waals surface area contributed by atoms with Gasteiger partial charge in [-0.2, -0.15) is 0 Å². The number of amides is 2. The van der Waals surface area contributed by atoms with E-state index in [0.717, 1.165) is 23.5 Å². The van der Waals surface area contributed by atoms with E-state index >= 15 is 0 Å². The van der Waals surface area contributed by atoms with Crippen LogP contribution in [-0.4, -0.2) is 47.0 Å². The third-order valence-electron chi connectivity index (χ3n) is 3.94. The summed E-state index contributed by atoms with van der Waals surface area (Å²) in [6, 6.07) is 2.52. The minimum Gasteiger partial charge on any atom is -0.374 e. The number of hydrogen-bond donors (Lipinski definition) is 1. The molecule has 0 saturated carbocycles. The van der Waals surface area contributed by atoms with Crippen LogP contribution < -0.4 is 5.73 Å². The largest absolute Gasteiger partial charge is 0.374 e. The van der Waals surface area contributed by atoms with Crippen molar-refractivity contribution in [1.29, 1.82) is 0 Å². The fraction of sp³-hybridized carbons (Fsp3) is 0.312. The zero-order valence-corrected chi connectivity index (χ0v) is 14.1. The number of morpholine rings is 1. The lowest BCUT2D eigenvalue weighted by Gasteiger charge is -2.37. The highest BCUT2D eigenvalue weighted by Crippen LogP contribution is 2.26. The van der Waals surface area contributed by atoms with E-state index in [1.54, 1.807) is 6.92 Å². The Morgan fingerprint density at radius 2 is 2.12 bits per heavy atom. The van der Waals surface area contributed by atoms with Crippen molar-refractivity contribution in [2.75, 3.05) is 13.2 Å². The molecular weight excluding hydrogens is 352 g/mol. The monoisotopic (exact) mass is 367 g/mol. The van der Waals surface area contributed by atoms with Crippen LogP contribution in [-0.2, 0) is 9.53 Å². The second-order valence-electron chi connectivity index (χ2n) is 5.59. The number of carbonyl (C=O) groups is 2. The Morgan fingerprint density at radius 3 is 2.80 bits per heavy atom. The molecule has 0 radical (unpaired) electrons. The molecule has 2 aromatic rings. The number of thiazole rings is 1. The summed E-state index contributed by atoms with van der Waals surface area (Å²) < 4.78 is 31.8. The Bertz CT molecular complexity index is 827. The first-order chi connectivity index (χ1) is 11.9. The minimum atomic E-state index is -0.989. The maximum absolute atomic E-state index is 13.4. The number of nitrogens with zero attached hydrogens (tertiary/aromatic N) is 2. The van der Waals surface area contributed by atoms with Crippen molar-refractivity contribution in [3.05, 3.63) is 40.9 Å². The highest BCUT2D eigenvalue weighted by Gasteiger charge is 2.37. The molecule has 0 spiro atoms. The predicted molar refractivity (Wildman–Crippen MR) is 86.9 cm³/mol. The second kappa shape index (κ2) is 6.85. The van der Waals surface area contributed by atoms with Gasteiger partial charge in [0, 0.05) is 17.5 Å². The first kappa shape index (κ1) is 17.4. The lowest BCUT2D eigenvalue weighted by Crippen LogP contribution is -2.58. The molecule has 6 nitrogen and oxygen atoms in total. The van der Waals surface area contributed by atoms with Crippen LogP contribution >= 0.6 is 11.3 Å². The average Bonchev–Trinajstić information content (AvgIpc) is 3.06. The zero-order valence-electron chi connectivity index (χ0n) is 13.2. The summed E-state index contributed by atoms with van der Waals surface area (Å²) in [5.41, 5.74) is 5.86. The molecule has 9 heteroatoms. The van der Waals surface area contributed by atoms with Crippen LogP contribution in [0, 0.1) is 11.6 Å². The molecule has 0 aliphatic carbocycles. The maximum Gasteiger partial charge on any atom is 0.274 e. The van der Waals surface area contributed by atoms with Crippen molar-refractivity contribution < 1.29 is 23.1 Å². The number of primary amides is 1. The SMILES string of the molecule is C[C@H]1OCCN(C(=O)c2csc(-c3ccc(F)c(F)c3)n2)[C@@H]1C(N)=O. The van der Waals surface area contributed by atoms with E-state index in [-0.39, 0.29) is 18.8 Å². The second-order valence-corrected chi connectivity index (χ2v) is 6.45. The van der Waals surface area contributed by atoms with Crippen LogP contribution in [0.5, 0.6) is 0 Å². The van der Waals surface area contributed by atoms with E-state index in [4.69, 9.17) is 10.5 Å². The standard InChI is InChI=1S/C16H15F2N3O3S/c1-8-13(14(19)22)21(4-5-24-8)16(23)12-7-25-15(20-12)9-2-3-10(17)11(18)6-9/h2-3,6-8,13H,4-5H2,1H3,(H2,19,22)/t8-,13+/m1/s1. The van der Waals surface area contributed by atoms with E-state index in [2.05, 4.69) is 4.98 Å². The van der Waals surface area contributed by atoms with Crippen molar-refractivity contribution >= 4 is 23.2 Å². The van der Waals surface area contributed by atoms with Gasteiger partial charge in [-0.3, -0.25) is 9.59 Å². The fourth-order valence-electron chi connectivity index (χ4n) is 2.71. The van der Waals surface area contributed by atoms with Gasteiger partial charge in [-0.05, 0) is 25.1 Å². The van der Waals surface area contributed by atoms with Crippen LogP contribution in [0.15, 0.2) is 23.6 Å². The third kappa shape index (κ3) is 3.38. The molecule has 1 aliphatic heterocycles. The van der Waals surface area contributed by atoms with Crippen molar-refractivity contribution in [1.82, 2.24) is 9.88 Å². The number of nitrogens with two attached hydrogens (primary N) is 1. The van der Waals surface area contributed by atoms with Gasteiger partial charge in [0.05, 0.1) is 12.7 Å². The molecule has 2 atom stereocenters. The number of ether oxygens (including phenoxy) is 1. The Morgan fingerprint density at radius 1 is 1.36 bits per heavy atom. The first-order valence-corrected chi connectivity index (χ1v) is 8.39. The third-order valence-corrected chi connectivity index (χ3v) is 4.83. The summed E-state index contributed by atoms with van der Waals surface area (Å²) in [5.74, 6) is -3.06. The molecule has 1 fully saturated rings. The van der Waals surface area contributed by atoms with Crippen LogP contribution in [0.25, 0.3) is 10.6 Å². The number of halogens is 2. The molecule has 2 heterocycles. The topological polar surface area (TPSA) is 85.5 Å². The smallest absolute Gasteiger partial charge is 0.274 e. The molecule has 132 valence electrons. The molecule has 2 N–H and O–H groups in total. The van der Waals surface area contributed by atoms with Crippen LogP contribution in [0.4, 0.5) is 8.78 Å². The summed E-state index contributed by atoms with van der Waals surface area (Å²) in [4.78, 5) is 29.9. The molecular formula is C16H15F2N3O3S. The minimum absolute atomic E-state index is 0.116. The Hall–Kier alpha value is -2.39. The summed E-state index contributed by atoms with van der Waals surface area (Å²) >= 11 is 1.12. The van der Waals surface area contributed by atoms with Gasteiger partial charge in [-0.25, -0.2) is 13.8 Å². The van der Waals surface area contributed by atoms with Crippen LogP contribution in [0.3, 0.4) is 0 Å². The van der Waals surface area contributed by atoms with Gasteiger partial charge in [0.1, 0.15) is 16.7 Å². The Kier molecular flexibility index (Phi) is 4.78. The molecule has 1 aromatic carbocycles. The highest BCUT2D eigenvalue weighted by molar-refractivity contribution is 7.13. The van der Waals surface area contributed by atoms with E-state index in [1.807, 2.05) is 0 Å². The quantitative estimate of drug-likeness (QED) is 0.896. The van der Waals surface area contributed by atoms with Crippen LogP contribution in [0.2, 0.25) is 0 Å². The van der Waals surface area contributed by atoms with Crippen molar-refractivity contribution in [2.45, 2.75) is 19.1 Å². The zero-order chi connectivity index (χ0) is 18.1. The van der Waals surface area contributed by atoms with Gasteiger partial charge in [-0.1, -0.05) is 0 Å². The normalized spacial score (nSPS) is 20.5. The molecule has 0 unspecified atom stereocenters. The van der Waals surface area contributed by atoms with Gasteiger partial charge in [0.2, 0.25) is 5.91 Å². The van der Waals surface area contributed by atoms with Gasteiger partial charge < -0.3 is 15.4 Å². The number of hydrogen-bond acceptors (Lipinski definition) is 5. The van der Waals surface area contributed by atoms with Crippen molar-refractivity contribution in [3.63, 3.8) is 0 Å². The van der Waals surface area contributed by atoms with Gasteiger partial charge in [-0.15, -0.1) is 11.3 Å². The molecule has 1 saturated heterocycles. The van der Waals surface area contributed by atoms with Gasteiger partial charge >= 0.3 is 0 Å². The number of rotatable bonds is 3. The Balaban J connectivity index is 1.87. The molecule has 0 bridgehead atoms. The lowest BCUT2D eigenvalue weighted by atomic mass is 10.1. The fourth-order valence-corrected chi connectivity index (χ4v) is 3.51. The highest BCUT2D eigenvalue weighted by atomic mass is 32.1. The van der Waals surface area contributed by atoms with E-state index < -0.39 is 35.6 Å². The van der Waals surface area contributed by atoms with Crippen molar-refractivity contribution in [2.24, 2.45) is 5.73 Å². The predicted octanol–water partition coefficient (Wildman–Crippen LogP) is 1.80. The molecule has 3 rings (SSSR count). The van der Waals surface area contributed by atoms with Crippen LogP contribution in [0.1, 0.15) is 17.4 Å². The van der Waals surface area contributed by atoms with Gasteiger partial charge in [0.25, 0.3) is 5.91 Å². The maximum atomic E-state index is 13.4. The number of aromatic nitrogens is 1.